The fourth-order valence-electron chi connectivity index (χ4n) is 4.58. The van der Waals surface area contributed by atoms with E-state index in [9.17, 15) is 14.4 Å². The van der Waals surface area contributed by atoms with Crippen molar-refractivity contribution in [3.63, 3.8) is 0 Å². The zero-order valence-corrected chi connectivity index (χ0v) is 25.7. The summed E-state index contributed by atoms with van der Waals surface area (Å²) in [7, 11) is 0. The first kappa shape index (κ1) is 32.9. The molecule has 40 heavy (non-hydrogen) atoms. The number of ether oxygens (including phenoxy) is 1. The van der Waals surface area contributed by atoms with E-state index >= 15 is 0 Å². The van der Waals surface area contributed by atoms with E-state index in [0.717, 1.165) is 41.5 Å². The van der Waals surface area contributed by atoms with Crippen LogP contribution >= 0.6 is 0 Å². The highest BCUT2D eigenvalue weighted by Crippen LogP contribution is 2.28. The van der Waals surface area contributed by atoms with Gasteiger partial charge in [0, 0.05) is 13.1 Å². The SMILES string of the molecule is CCCCCN(C(=O)C(NC(=O)OC(C)(C)C)C(C)CC)C(C(=O)NCc1ccccc1)c1cc(C)ccc1C. The summed E-state index contributed by atoms with van der Waals surface area (Å²) in [5.74, 6) is -0.694. The maximum atomic E-state index is 14.4. The molecular weight excluding hydrogens is 502 g/mol. The number of amides is 3. The maximum absolute atomic E-state index is 14.4. The third kappa shape index (κ3) is 10.00. The van der Waals surface area contributed by atoms with Crippen LogP contribution in [0.3, 0.4) is 0 Å². The van der Waals surface area contributed by atoms with E-state index in [1.165, 1.54) is 0 Å². The van der Waals surface area contributed by atoms with Crippen molar-refractivity contribution in [2.75, 3.05) is 6.54 Å². The van der Waals surface area contributed by atoms with E-state index in [4.69, 9.17) is 4.74 Å². The molecule has 0 bridgehead atoms. The number of hydrogen-bond acceptors (Lipinski definition) is 4. The average molecular weight is 552 g/mol. The Bertz CT molecular complexity index is 1110. The van der Waals surface area contributed by atoms with Crippen LogP contribution in [0.1, 0.15) is 95.5 Å². The molecule has 3 unspecified atom stereocenters. The van der Waals surface area contributed by atoms with E-state index in [-0.39, 0.29) is 17.7 Å². The Morgan fingerprint density at radius 1 is 0.975 bits per heavy atom. The van der Waals surface area contributed by atoms with Gasteiger partial charge in [0.2, 0.25) is 11.8 Å². The topological polar surface area (TPSA) is 87.7 Å². The molecule has 7 heteroatoms. The lowest BCUT2D eigenvalue weighted by atomic mass is 9.93. The lowest BCUT2D eigenvalue weighted by molar-refractivity contribution is -0.143. The second kappa shape index (κ2) is 15.4. The van der Waals surface area contributed by atoms with Crippen molar-refractivity contribution < 1.29 is 19.1 Å². The molecule has 220 valence electrons. The normalized spacial score (nSPS) is 13.6. The van der Waals surface area contributed by atoms with Gasteiger partial charge in [-0.3, -0.25) is 9.59 Å². The van der Waals surface area contributed by atoms with Crippen LogP contribution < -0.4 is 10.6 Å². The highest BCUT2D eigenvalue weighted by Gasteiger charge is 2.38. The molecule has 0 aromatic heterocycles. The molecular formula is C33H49N3O4. The first-order valence-electron chi connectivity index (χ1n) is 14.6. The fraction of sp³-hybridized carbons (Fsp3) is 0.545. The summed E-state index contributed by atoms with van der Waals surface area (Å²) in [6.07, 6.45) is 2.67. The number of unbranched alkanes of at least 4 members (excludes halogenated alkanes) is 2. The monoisotopic (exact) mass is 551 g/mol. The van der Waals surface area contributed by atoms with E-state index in [2.05, 4.69) is 17.6 Å². The summed E-state index contributed by atoms with van der Waals surface area (Å²) in [6.45, 7) is 16.1. The second-order valence-electron chi connectivity index (χ2n) is 11.7. The van der Waals surface area contributed by atoms with Crippen LogP contribution in [0.15, 0.2) is 48.5 Å². The summed E-state index contributed by atoms with van der Waals surface area (Å²) in [6, 6.07) is 14.0. The molecule has 0 aliphatic carbocycles. The van der Waals surface area contributed by atoms with Crippen molar-refractivity contribution in [2.24, 2.45) is 5.92 Å². The number of benzene rings is 2. The van der Waals surface area contributed by atoms with Crippen molar-refractivity contribution >= 4 is 17.9 Å². The van der Waals surface area contributed by atoms with Gasteiger partial charge < -0.3 is 20.3 Å². The largest absolute Gasteiger partial charge is 0.444 e. The number of rotatable bonds is 13. The molecule has 0 saturated carbocycles. The third-order valence-electron chi connectivity index (χ3n) is 7.04. The molecule has 0 radical (unpaired) electrons. The molecule has 0 saturated heterocycles. The Balaban J connectivity index is 2.55. The van der Waals surface area contributed by atoms with Gasteiger partial charge in [-0.1, -0.05) is 94.1 Å². The van der Waals surface area contributed by atoms with Gasteiger partial charge in [-0.2, -0.15) is 0 Å². The summed E-state index contributed by atoms with van der Waals surface area (Å²) < 4.78 is 5.51. The zero-order valence-electron chi connectivity index (χ0n) is 25.7. The quantitative estimate of drug-likeness (QED) is 0.274. The summed E-state index contributed by atoms with van der Waals surface area (Å²) in [5.41, 5.74) is 3.00. The highest BCUT2D eigenvalue weighted by atomic mass is 16.6. The van der Waals surface area contributed by atoms with E-state index in [1.54, 1.807) is 25.7 Å². The summed E-state index contributed by atoms with van der Waals surface area (Å²) in [5, 5.41) is 5.92. The summed E-state index contributed by atoms with van der Waals surface area (Å²) in [4.78, 5) is 42.9. The van der Waals surface area contributed by atoms with Crippen LogP contribution in [0.25, 0.3) is 0 Å². The minimum Gasteiger partial charge on any atom is -0.444 e. The van der Waals surface area contributed by atoms with Crippen LogP contribution in [0, 0.1) is 19.8 Å². The van der Waals surface area contributed by atoms with Gasteiger partial charge in [0.05, 0.1) is 0 Å². The minimum absolute atomic E-state index is 0.166. The number of aryl methyl sites for hydroxylation is 2. The molecule has 2 aromatic rings. The third-order valence-corrected chi connectivity index (χ3v) is 7.04. The summed E-state index contributed by atoms with van der Waals surface area (Å²) >= 11 is 0. The molecule has 2 aromatic carbocycles. The van der Waals surface area contributed by atoms with Crippen molar-refractivity contribution in [3.05, 3.63) is 70.8 Å². The molecule has 0 spiro atoms. The van der Waals surface area contributed by atoms with Crippen molar-refractivity contribution in [2.45, 2.75) is 105 Å². The molecule has 0 fully saturated rings. The van der Waals surface area contributed by atoms with Gasteiger partial charge in [-0.15, -0.1) is 0 Å². The molecule has 2 N–H and O–H groups in total. The van der Waals surface area contributed by atoms with Crippen LogP contribution in [0.4, 0.5) is 4.79 Å². The zero-order chi connectivity index (χ0) is 29.9. The Labute approximate surface area is 241 Å². The first-order valence-corrected chi connectivity index (χ1v) is 14.6. The van der Waals surface area contributed by atoms with Crippen LogP contribution in [-0.4, -0.2) is 41.0 Å². The van der Waals surface area contributed by atoms with Gasteiger partial charge in [0.25, 0.3) is 0 Å². The van der Waals surface area contributed by atoms with Crippen LogP contribution in [0.5, 0.6) is 0 Å². The van der Waals surface area contributed by atoms with Gasteiger partial charge in [0.15, 0.2) is 0 Å². The lowest BCUT2D eigenvalue weighted by Gasteiger charge is -2.36. The molecule has 0 aliphatic rings. The van der Waals surface area contributed by atoms with E-state index in [0.29, 0.717) is 19.5 Å². The number of carbonyl (C=O) groups is 3. The Kier molecular flexibility index (Phi) is 12.7. The Morgan fingerprint density at radius 3 is 2.25 bits per heavy atom. The number of hydrogen-bond donors (Lipinski definition) is 2. The van der Waals surface area contributed by atoms with Gasteiger partial charge >= 0.3 is 6.09 Å². The molecule has 0 heterocycles. The van der Waals surface area contributed by atoms with E-state index < -0.39 is 23.8 Å². The molecule has 3 atom stereocenters. The standard InChI is InChI=1S/C33H49N3O4/c1-9-11-15-20-36(31(38)28(24(4)10-2)35-32(39)40-33(6,7)8)29(27-21-23(3)18-19-25(27)5)30(37)34-22-26-16-13-12-14-17-26/h12-14,16-19,21,24,28-29H,9-11,15,20,22H2,1-8H3,(H,34,37)(H,35,39). The molecule has 7 nitrogen and oxygen atoms in total. The number of nitrogens with one attached hydrogen (secondary N) is 2. The first-order chi connectivity index (χ1) is 18.9. The highest BCUT2D eigenvalue weighted by molar-refractivity contribution is 5.92. The smallest absolute Gasteiger partial charge is 0.408 e. The van der Waals surface area contributed by atoms with Gasteiger partial charge in [0.1, 0.15) is 17.7 Å². The maximum Gasteiger partial charge on any atom is 0.408 e. The van der Waals surface area contributed by atoms with Crippen molar-refractivity contribution in [1.82, 2.24) is 15.5 Å². The molecule has 3 amide bonds. The molecule has 0 aliphatic heterocycles. The number of carbonyl (C=O) groups excluding carboxylic acids is 3. The van der Waals surface area contributed by atoms with Gasteiger partial charge in [-0.05, 0) is 63.6 Å². The number of nitrogens with zero attached hydrogens (tertiary/aromatic N) is 1. The Hall–Kier alpha value is -3.35. The van der Waals surface area contributed by atoms with Gasteiger partial charge in [-0.25, -0.2) is 4.79 Å². The van der Waals surface area contributed by atoms with Crippen molar-refractivity contribution in [3.8, 4) is 0 Å². The number of alkyl carbamates (subject to hydrolysis) is 1. The van der Waals surface area contributed by atoms with E-state index in [1.807, 2.05) is 76.2 Å². The average Bonchev–Trinajstić information content (AvgIpc) is 2.90. The van der Waals surface area contributed by atoms with Crippen molar-refractivity contribution in [1.29, 1.82) is 0 Å². The predicted molar refractivity (Wildman–Crippen MR) is 161 cm³/mol. The predicted octanol–water partition coefficient (Wildman–Crippen LogP) is 6.62. The minimum atomic E-state index is -0.847. The second-order valence-corrected chi connectivity index (χ2v) is 11.7. The Morgan fingerprint density at radius 2 is 1.65 bits per heavy atom. The van der Waals surface area contributed by atoms with Crippen LogP contribution in [-0.2, 0) is 20.9 Å². The fourth-order valence-corrected chi connectivity index (χ4v) is 4.58. The molecule has 2 rings (SSSR count). The van der Waals surface area contributed by atoms with Crippen LogP contribution in [0.2, 0.25) is 0 Å². The lowest BCUT2D eigenvalue weighted by Crippen LogP contribution is -2.55.